The Morgan fingerprint density at radius 2 is 2.14 bits per heavy atom. The van der Waals surface area contributed by atoms with Gasteiger partial charge in [-0.15, -0.1) is 0 Å². The number of rotatable bonds is 6. The van der Waals surface area contributed by atoms with Crippen LogP contribution in [-0.4, -0.2) is 58.5 Å². The molecule has 2 atom stereocenters. The minimum Gasteiger partial charge on any atom is -0.497 e. The molecule has 5 heteroatoms. The number of likely N-dealkylation sites (N-methyl/N-ethyl adjacent to an activating group) is 2. The molecule has 0 bridgehead atoms. The van der Waals surface area contributed by atoms with Gasteiger partial charge in [-0.2, -0.15) is 0 Å². The Hall–Kier alpha value is -1.30. The highest BCUT2D eigenvalue weighted by atomic mass is 16.5. The van der Waals surface area contributed by atoms with E-state index in [2.05, 4.69) is 23.2 Å². The minimum absolute atomic E-state index is 0.117. The molecule has 0 aliphatic carbocycles. The van der Waals surface area contributed by atoms with E-state index in [0.717, 1.165) is 43.3 Å². The third kappa shape index (κ3) is 3.48. The highest BCUT2D eigenvalue weighted by molar-refractivity contribution is 5.43. The molecular formula is C16H26N2O3. The van der Waals surface area contributed by atoms with Crippen LogP contribution in [0.15, 0.2) is 18.2 Å². The van der Waals surface area contributed by atoms with Crippen LogP contribution in [0.4, 0.5) is 0 Å². The summed E-state index contributed by atoms with van der Waals surface area (Å²) in [5, 5.41) is 3.22. The SMILES string of the molecule is CCN1CCOC(CNC)C1c1ccc(OC)cc1OC. The van der Waals surface area contributed by atoms with Gasteiger partial charge in [-0.3, -0.25) is 4.90 Å². The lowest BCUT2D eigenvalue weighted by Gasteiger charge is -2.41. The summed E-state index contributed by atoms with van der Waals surface area (Å²) >= 11 is 0. The van der Waals surface area contributed by atoms with Gasteiger partial charge in [-0.25, -0.2) is 0 Å². The maximum Gasteiger partial charge on any atom is 0.127 e. The van der Waals surface area contributed by atoms with Gasteiger partial charge >= 0.3 is 0 Å². The van der Waals surface area contributed by atoms with Crippen LogP contribution in [0.5, 0.6) is 11.5 Å². The molecule has 0 saturated carbocycles. The van der Waals surface area contributed by atoms with Crippen molar-refractivity contribution in [3.8, 4) is 11.5 Å². The van der Waals surface area contributed by atoms with Crippen molar-refractivity contribution < 1.29 is 14.2 Å². The molecule has 1 fully saturated rings. The lowest BCUT2D eigenvalue weighted by Crippen LogP contribution is -2.48. The fourth-order valence-electron chi connectivity index (χ4n) is 2.97. The van der Waals surface area contributed by atoms with Crippen LogP contribution in [0.3, 0.4) is 0 Å². The number of hydrogen-bond donors (Lipinski definition) is 1. The molecule has 0 radical (unpaired) electrons. The van der Waals surface area contributed by atoms with Gasteiger partial charge in [-0.05, 0) is 25.7 Å². The first-order chi connectivity index (χ1) is 10.2. The zero-order chi connectivity index (χ0) is 15.2. The van der Waals surface area contributed by atoms with Crippen molar-refractivity contribution in [2.45, 2.75) is 19.1 Å². The van der Waals surface area contributed by atoms with Crippen molar-refractivity contribution in [2.24, 2.45) is 0 Å². The third-order valence-electron chi connectivity index (χ3n) is 4.03. The zero-order valence-corrected chi connectivity index (χ0v) is 13.4. The summed E-state index contributed by atoms with van der Waals surface area (Å²) in [5.74, 6) is 1.66. The number of hydrogen-bond acceptors (Lipinski definition) is 5. The zero-order valence-electron chi connectivity index (χ0n) is 13.4. The molecule has 0 spiro atoms. The van der Waals surface area contributed by atoms with Crippen molar-refractivity contribution >= 4 is 0 Å². The molecule has 21 heavy (non-hydrogen) atoms. The Balaban J connectivity index is 2.37. The molecule has 1 aromatic carbocycles. The van der Waals surface area contributed by atoms with Gasteiger partial charge in [-0.1, -0.05) is 6.92 Å². The summed E-state index contributed by atoms with van der Waals surface area (Å²) in [6, 6.07) is 6.20. The Bertz CT molecular complexity index is 451. The molecule has 1 aliphatic rings. The third-order valence-corrected chi connectivity index (χ3v) is 4.03. The van der Waals surface area contributed by atoms with E-state index >= 15 is 0 Å². The lowest BCUT2D eigenvalue weighted by molar-refractivity contribution is -0.0692. The molecule has 2 rings (SSSR count). The fraction of sp³-hybridized carbons (Fsp3) is 0.625. The largest absolute Gasteiger partial charge is 0.497 e. The van der Waals surface area contributed by atoms with E-state index in [0.29, 0.717) is 0 Å². The van der Waals surface area contributed by atoms with Crippen LogP contribution >= 0.6 is 0 Å². The summed E-state index contributed by atoms with van der Waals surface area (Å²) in [5.41, 5.74) is 1.15. The van der Waals surface area contributed by atoms with Crippen LogP contribution in [0, 0.1) is 0 Å². The quantitative estimate of drug-likeness (QED) is 0.865. The number of nitrogens with one attached hydrogen (secondary N) is 1. The Labute approximate surface area is 127 Å². The first kappa shape index (κ1) is 16.1. The Morgan fingerprint density at radius 1 is 1.33 bits per heavy atom. The van der Waals surface area contributed by atoms with E-state index < -0.39 is 0 Å². The predicted molar refractivity (Wildman–Crippen MR) is 83.2 cm³/mol. The van der Waals surface area contributed by atoms with Gasteiger partial charge in [0.2, 0.25) is 0 Å². The van der Waals surface area contributed by atoms with E-state index in [4.69, 9.17) is 14.2 Å². The van der Waals surface area contributed by atoms with Crippen LogP contribution in [0.1, 0.15) is 18.5 Å². The summed E-state index contributed by atoms with van der Waals surface area (Å²) in [6.45, 7) is 5.70. The van der Waals surface area contributed by atoms with Gasteiger partial charge in [0.25, 0.3) is 0 Å². The van der Waals surface area contributed by atoms with Crippen LogP contribution in [-0.2, 0) is 4.74 Å². The van der Waals surface area contributed by atoms with Crippen molar-refractivity contribution in [1.82, 2.24) is 10.2 Å². The monoisotopic (exact) mass is 294 g/mol. The van der Waals surface area contributed by atoms with E-state index in [1.54, 1.807) is 14.2 Å². The van der Waals surface area contributed by atoms with E-state index in [1.165, 1.54) is 0 Å². The average molecular weight is 294 g/mol. The maximum absolute atomic E-state index is 5.98. The van der Waals surface area contributed by atoms with E-state index in [9.17, 15) is 0 Å². The van der Waals surface area contributed by atoms with Crippen LogP contribution in [0.25, 0.3) is 0 Å². The summed E-state index contributed by atoms with van der Waals surface area (Å²) in [4.78, 5) is 2.44. The highest BCUT2D eigenvalue weighted by Gasteiger charge is 2.34. The molecule has 118 valence electrons. The molecule has 1 heterocycles. The molecular weight excluding hydrogens is 268 g/mol. The second-order valence-corrected chi connectivity index (χ2v) is 5.15. The number of benzene rings is 1. The maximum atomic E-state index is 5.98. The Kier molecular flexibility index (Phi) is 5.85. The van der Waals surface area contributed by atoms with Crippen LogP contribution in [0.2, 0.25) is 0 Å². The smallest absolute Gasteiger partial charge is 0.127 e. The van der Waals surface area contributed by atoms with Gasteiger partial charge in [0.15, 0.2) is 0 Å². The number of ether oxygens (including phenoxy) is 3. The minimum atomic E-state index is 0.117. The van der Waals surface area contributed by atoms with Gasteiger partial charge < -0.3 is 19.5 Å². The van der Waals surface area contributed by atoms with Crippen molar-refractivity contribution in [3.63, 3.8) is 0 Å². The number of nitrogens with zero attached hydrogens (tertiary/aromatic N) is 1. The molecule has 2 unspecified atom stereocenters. The second-order valence-electron chi connectivity index (χ2n) is 5.15. The summed E-state index contributed by atoms with van der Waals surface area (Å²) in [6.07, 6.45) is 0.117. The predicted octanol–water partition coefficient (Wildman–Crippen LogP) is 1.68. The number of morpholine rings is 1. The van der Waals surface area contributed by atoms with Gasteiger partial charge in [0.1, 0.15) is 11.5 Å². The molecule has 0 amide bonds. The topological polar surface area (TPSA) is 43.0 Å². The summed E-state index contributed by atoms with van der Waals surface area (Å²) in [7, 11) is 5.32. The average Bonchev–Trinajstić information content (AvgIpc) is 2.54. The summed E-state index contributed by atoms with van der Waals surface area (Å²) < 4.78 is 16.8. The number of methoxy groups -OCH3 is 2. The second kappa shape index (κ2) is 7.64. The van der Waals surface area contributed by atoms with Crippen molar-refractivity contribution in [2.75, 3.05) is 47.5 Å². The molecule has 1 aliphatic heterocycles. The van der Waals surface area contributed by atoms with E-state index in [-0.39, 0.29) is 12.1 Å². The van der Waals surface area contributed by atoms with Gasteiger partial charge in [0, 0.05) is 24.7 Å². The van der Waals surface area contributed by atoms with Gasteiger partial charge in [0.05, 0.1) is 33.0 Å². The van der Waals surface area contributed by atoms with E-state index in [1.807, 2.05) is 19.2 Å². The fourth-order valence-corrected chi connectivity index (χ4v) is 2.97. The molecule has 5 nitrogen and oxygen atoms in total. The normalized spacial score (nSPS) is 23.0. The first-order valence-corrected chi connectivity index (χ1v) is 7.47. The van der Waals surface area contributed by atoms with Crippen molar-refractivity contribution in [3.05, 3.63) is 23.8 Å². The lowest BCUT2D eigenvalue weighted by atomic mass is 9.96. The standard InChI is InChI=1S/C16H26N2O3/c1-5-18-8-9-21-15(11-17-2)16(18)13-7-6-12(19-3)10-14(13)20-4/h6-7,10,15-17H,5,8-9,11H2,1-4H3. The first-order valence-electron chi connectivity index (χ1n) is 7.47. The molecule has 1 saturated heterocycles. The highest BCUT2D eigenvalue weighted by Crippen LogP contribution is 2.36. The molecule has 0 aromatic heterocycles. The molecule has 1 aromatic rings. The Morgan fingerprint density at radius 3 is 2.76 bits per heavy atom. The molecule has 1 N–H and O–H groups in total. The van der Waals surface area contributed by atoms with Crippen molar-refractivity contribution in [1.29, 1.82) is 0 Å². The van der Waals surface area contributed by atoms with Crippen LogP contribution < -0.4 is 14.8 Å².